The van der Waals surface area contributed by atoms with E-state index < -0.39 is 0 Å². The van der Waals surface area contributed by atoms with Crippen molar-refractivity contribution in [1.29, 1.82) is 0 Å². The van der Waals surface area contributed by atoms with Crippen molar-refractivity contribution < 1.29 is 37.9 Å². The van der Waals surface area contributed by atoms with Crippen molar-refractivity contribution in [2.24, 2.45) is 0 Å². The first-order chi connectivity index (χ1) is 23.4. The lowest BCUT2D eigenvalue weighted by molar-refractivity contribution is 0.260. The van der Waals surface area contributed by atoms with Gasteiger partial charge in [0.2, 0.25) is 0 Å². The summed E-state index contributed by atoms with van der Waals surface area (Å²) in [5.41, 5.74) is 9.35. The van der Waals surface area contributed by atoms with Gasteiger partial charge in [0.15, 0.2) is 0 Å². The summed E-state index contributed by atoms with van der Waals surface area (Å²) >= 11 is 0. The average Bonchev–Trinajstić information content (AvgIpc) is 3.89. The van der Waals surface area contributed by atoms with Crippen molar-refractivity contribution >= 4 is 0 Å². The van der Waals surface area contributed by atoms with Crippen LogP contribution in [0.5, 0.6) is 23.0 Å². The predicted molar refractivity (Wildman–Crippen MR) is 190 cm³/mol. The van der Waals surface area contributed by atoms with Crippen LogP contribution in [0, 0.1) is 27.7 Å². The molecule has 0 saturated carbocycles. The Morgan fingerprint density at radius 1 is 0.429 bits per heavy atom. The van der Waals surface area contributed by atoms with Gasteiger partial charge in [-0.15, -0.1) is 0 Å². The number of hydrogen-bond acceptors (Lipinski definition) is 8. The second kappa shape index (κ2) is 15.6. The number of epoxide rings is 4. The van der Waals surface area contributed by atoms with Gasteiger partial charge in [0.25, 0.3) is 0 Å². The molecule has 4 fully saturated rings. The third-order valence-electron chi connectivity index (χ3n) is 8.60. The fraction of sp³-hybridized carbons (Fsp3) is 0.415. The van der Waals surface area contributed by atoms with Gasteiger partial charge in [0.05, 0.1) is 26.4 Å². The zero-order valence-corrected chi connectivity index (χ0v) is 28.2. The number of ether oxygens (including phenoxy) is 8. The lowest BCUT2D eigenvalue weighted by Crippen LogP contribution is -2.07. The molecular formula is C41H48O8. The molecule has 0 aromatic heterocycles. The van der Waals surface area contributed by atoms with E-state index in [4.69, 9.17) is 37.9 Å². The van der Waals surface area contributed by atoms with Crippen LogP contribution in [0.2, 0.25) is 0 Å². The van der Waals surface area contributed by atoms with Crippen molar-refractivity contribution in [2.45, 2.75) is 59.5 Å². The molecule has 4 aromatic rings. The first-order valence-corrected chi connectivity index (χ1v) is 16.8. The van der Waals surface area contributed by atoms with Crippen LogP contribution in [0.4, 0.5) is 0 Å². The largest absolute Gasteiger partial charge is 0.491 e. The van der Waals surface area contributed by atoms with Gasteiger partial charge >= 0.3 is 0 Å². The highest BCUT2D eigenvalue weighted by Gasteiger charge is 2.26. The minimum Gasteiger partial charge on any atom is -0.491 e. The summed E-state index contributed by atoms with van der Waals surface area (Å²) in [5, 5.41) is 0. The second-order valence-electron chi connectivity index (χ2n) is 13.0. The lowest BCUT2D eigenvalue weighted by atomic mass is 9.96. The minimum atomic E-state index is 0. The fourth-order valence-corrected chi connectivity index (χ4v) is 5.56. The maximum Gasteiger partial charge on any atom is 0.125 e. The molecule has 0 spiro atoms. The third kappa shape index (κ3) is 9.98. The molecule has 4 unspecified atom stereocenters. The van der Waals surface area contributed by atoms with E-state index in [1.807, 2.05) is 24.3 Å². The maximum atomic E-state index is 5.95. The molecular weight excluding hydrogens is 620 g/mol. The summed E-state index contributed by atoms with van der Waals surface area (Å²) in [6.45, 7) is 14.2. The molecule has 4 aromatic carbocycles. The van der Waals surface area contributed by atoms with Crippen LogP contribution < -0.4 is 18.9 Å². The Balaban J connectivity index is 0.000000169. The Morgan fingerprint density at radius 3 is 0.959 bits per heavy atom. The number of hydrogen-bond donors (Lipinski definition) is 0. The van der Waals surface area contributed by atoms with Crippen LogP contribution >= 0.6 is 0 Å². The third-order valence-corrected chi connectivity index (χ3v) is 8.60. The van der Waals surface area contributed by atoms with E-state index in [1.54, 1.807) is 0 Å². The summed E-state index contributed by atoms with van der Waals surface area (Å²) in [4.78, 5) is 0. The standard InChI is InChI=1S/C22H26O4.C18H18O4.CH4/c1-13-5-17(6-14(2)21(13)25-11-19-9-23-19)18-7-15(3)22(16(4)8-18)26-12-20-10-24-20;1-5-15(19-9-17-11-21-17)6-2-13(1)14-3-7-16(8-4-14)20-10-18-12-22-18;/h5-8,19-20H,9-12H2,1-4H3;1-8,17-18H,9-12H2;1H4. The molecule has 0 bridgehead atoms. The molecule has 260 valence electrons. The Labute approximate surface area is 290 Å². The van der Waals surface area contributed by atoms with Crippen molar-refractivity contribution in [1.82, 2.24) is 0 Å². The van der Waals surface area contributed by atoms with Gasteiger partial charge < -0.3 is 37.9 Å². The van der Waals surface area contributed by atoms with Crippen molar-refractivity contribution in [2.75, 3.05) is 52.9 Å². The molecule has 8 heteroatoms. The Morgan fingerprint density at radius 2 is 0.694 bits per heavy atom. The summed E-state index contributed by atoms with van der Waals surface area (Å²) in [6.07, 6.45) is 1.11. The summed E-state index contributed by atoms with van der Waals surface area (Å²) < 4.78 is 43.9. The van der Waals surface area contributed by atoms with E-state index >= 15 is 0 Å². The Bertz CT molecular complexity index is 1510. The molecule has 4 aliphatic rings. The van der Waals surface area contributed by atoms with E-state index in [1.165, 1.54) is 11.1 Å². The normalized spacial score (nSPS) is 21.0. The van der Waals surface area contributed by atoms with Crippen LogP contribution in [0.25, 0.3) is 22.3 Å². The zero-order chi connectivity index (χ0) is 33.0. The van der Waals surface area contributed by atoms with Gasteiger partial charge in [-0.1, -0.05) is 31.7 Å². The van der Waals surface area contributed by atoms with Gasteiger partial charge in [-0.25, -0.2) is 0 Å². The quantitative estimate of drug-likeness (QED) is 0.127. The Hall–Kier alpha value is -4.08. The van der Waals surface area contributed by atoms with Gasteiger partial charge in [-0.2, -0.15) is 0 Å². The van der Waals surface area contributed by atoms with E-state index in [0.29, 0.717) is 26.4 Å². The number of rotatable bonds is 14. The maximum absolute atomic E-state index is 5.95. The SMILES string of the molecule is C.Cc1cc(-c2cc(C)c(OCC3CO3)c(C)c2)cc(C)c1OCC1CO1.c1cc(-c2ccc(OCC3CO3)cc2)ccc1OCC1CO1. The highest BCUT2D eigenvalue weighted by molar-refractivity contribution is 5.70. The summed E-state index contributed by atoms with van der Waals surface area (Å²) in [5.74, 6) is 3.71. The second-order valence-corrected chi connectivity index (χ2v) is 13.0. The molecule has 0 radical (unpaired) electrons. The van der Waals surface area contributed by atoms with E-state index in [-0.39, 0.29) is 31.8 Å². The van der Waals surface area contributed by atoms with Gasteiger partial charge in [-0.05, 0) is 121 Å². The molecule has 0 N–H and O–H groups in total. The van der Waals surface area contributed by atoms with Gasteiger partial charge in [-0.3, -0.25) is 0 Å². The first-order valence-electron chi connectivity index (χ1n) is 16.8. The van der Waals surface area contributed by atoms with Crippen molar-refractivity contribution in [3.05, 3.63) is 95.1 Å². The minimum absolute atomic E-state index is 0. The van der Waals surface area contributed by atoms with Gasteiger partial charge in [0.1, 0.15) is 73.8 Å². The molecule has 8 rings (SSSR count). The number of aryl methyl sites for hydroxylation is 4. The average molecular weight is 669 g/mol. The molecule has 0 amide bonds. The topological polar surface area (TPSA) is 87.0 Å². The smallest absolute Gasteiger partial charge is 0.125 e. The van der Waals surface area contributed by atoms with Crippen molar-refractivity contribution in [3.8, 4) is 45.3 Å². The van der Waals surface area contributed by atoms with Crippen LogP contribution in [0.1, 0.15) is 29.7 Å². The fourth-order valence-electron chi connectivity index (χ4n) is 5.56. The molecule has 4 atom stereocenters. The van der Waals surface area contributed by atoms with Crippen LogP contribution in [0.15, 0.2) is 72.8 Å². The lowest BCUT2D eigenvalue weighted by Gasteiger charge is -2.16. The Kier molecular flexibility index (Phi) is 11.1. The molecule has 0 aliphatic carbocycles. The highest BCUT2D eigenvalue weighted by atomic mass is 16.6. The molecule has 49 heavy (non-hydrogen) atoms. The summed E-state index contributed by atoms with van der Waals surface area (Å²) in [6, 6.07) is 25.0. The van der Waals surface area contributed by atoms with Gasteiger partial charge in [0, 0.05) is 0 Å². The van der Waals surface area contributed by atoms with E-state index in [2.05, 4.69) is 76.2 Å². The predicted octanol–water partition coefficient (Wildman–Crippen LogP) is 7.69. The van der Waals surface area contributed by atoms with E-state index in [9.17, 15) is 0 Å². The highest BCUT2D eigenvalue weighted by Crippen LogP contribution is 2.35. The van der Waals surface area contributed by atoms with E-state index in [0.717, 1.165) is 82.8 Å². The summed E-state index contributed by atoms with van der Waals surface area (Å²) in [7, 11) is 0. The van der Waals surface area contributed by atoms with Crippen LogP contribution in [-0.4, -0.2) is 77.3 Å². The molecule has 4 saturated heterocycles. The van der Waals surface area contributed by atoms with Crippen LogP contribution in [-0.2, 0) is 18.9 Å². The number of benzene rings is 4. The monoisotopic (exact) mass is 668 g/mol. The zero-order valence-electron chi connectivity index (χ0n) is 28.2. The molecule has 4 heterocycles. The van der Waals surface area contributed by atoms with Crippen LogP contribution in [0.3, 0.4) is 0 Å². The molecule has 8 nitrogen and oxygen atoms in total. The first kappa shape index (κ1) is 34.8. The van der Waals surface area contributed by atoms with Crippen molar-refractivity contribution in [3.63, 3.8) is 0 Å². The molecule has 4 aliphatic heterocycles.